The summed E-state index contributed by atoms with van der Waals surface area (Å²) in [5.41, 5.74) is 39.3. The number of aryl methyl sites for hydroxylation is 4. The fraction of sp³-hybridized carbons (Fsp3) is 0.515. The van der Waals surface area contributed by atoms with Crippen molar-refractivity contribution < 1.29 is 8.83 Å². The van der Waals surface area contributed by atoms with Gasteiger partial charge in [-0.1, -0.05) is 93.8 Å². The van der Waals surface area contributed by atoms with E-state index in [2.05, 4.69) is 114 Å². The first-order valence-electron chi connectivity index (χ1n) is 43.3. The van der Waals surface area contributed by atoms with Crippen LogP contribution in [-0.4, -0.2) is 26.8 Å². The molecule has 34 rings (SSSR count). The van der Waals surface area contributed by atoms with E-state index >= 15 is 4.79 Å². The molecule has 0 saturated heterocycles. The second-order valence-corrected chi connectivity index (χ2v) is 41.3. The molecular weight excluding hydrogens is 1280 g/mol. The van der Waals surface area contributed by atoms with Crippen LogP contribution in [0.4, 0.5) is 0 Å². The van der Waals surface area contributed by atoms with Crippen LogP contribution in [0.3, 0.4) is 0 Å². The number of fused-ring (bicyclic) bond motifs is 14. The van der Waals surface area contributed by atoms with E-state index in [0.29, 0.717) is 71.0 Å². The van der Waals surface area contributed by atoms with Crippen LogP contribution >= 0.6 is 0 Å². The Balaban J connectivity index is 0.871. The van der Waals surface area contributed by atoms with Crippen molar-refractivity contribution in [3.8, 4) is 5.69 Å². The Hall–Kier alpha value is -7.18. The molecule has 8 heteroatoms. The number of aromatic nitrogens is 3. The molecule has 0 amide bonds. The fourth-order valence-electron chi connectivity index (χ4n) is 33.8. The highest BCUT2D eigenvalue weighted by atomic mass is 16.3. The van der Waals surface area contributed by atoms with Gasteiger partial charge in [0.15, 0.2) is 5.58 Å². The summed E-state index contributed by atoms with van der Waals surface area (Å²) in [5.74, 6) is 12.6. The smallest absolute Gasteiger partial charge is 0.340 e. The van der Waals surface area contributed by atoms with Crippen molar-refractivity contribution in [1.29, 1.82) is 0 Å². The van der Waals surface area contributed by atoms with E-state index in [1.807, 2.05) is 0 Å². The van der Waals surface area contributed by atoms with E-state index in [4.69, 9.17) is 8.83 Å². The van der Waals surface area contributed by atoms with E-state index in [-0.39, 0.29) is 24.5 Å². The number of hydrogen-bond acceptors (Lipinski definition) is 3. The maximum atomic E-state index is 19.1. The first-order valence-corrected chi connectivity index (χ1v) is 43.3. The highest BCUT2D eigenvalue weighted by Gasteiger charge is 2.57. The van der Waals surface area contributed by atoms with Gasteiger partial charge in [-0.2, -0.15) is 0 Å². The molecule has 105 heavy (non-hydrogen) atoms. The molecule has 12 aromatic rings. The number of nitrogens with zero attached hydrogens (tertiary/aromatic N) is 3. The average Bonchev–Trinajstić information content (AvgIpc) is 1.48. The Bertz CT molecular complexity index is 6120. The summed E-state index contributed by atoms with van der Waals surface area (Å²) >= 11 is 0. The van der Waals surface area contributed by atoms with Gasteiger partial charge in [0.05, 0.1) is 10.9 Å². The standard InChI is InChI=1S/C97H95B2N3O3/c1-43-7-5-8-44(2)84(43)98-72-36-66(97-40-55-17-56(41-97)19-57(18-55)42-97)37-73-88(72)100-94-86(98)82-78-64-32-53-16-54(33-64)35-65(34-53)79(78)92-81(68-12-11-67-58-20-49-14-50(21-58)27-61(26-49)75(67)91(68)105-92)89(82)101(94)96(103)102-90-83(87(95(100)102)99(73)85-45(3)9-6-10-46(85)4)77-63-30-51-15-52(31-63)29-62(28-51)76(77)80-71-38-69-59-22-47-13-48(23-59)25-60(24-47)70(69)39-74(71)104-93(80)90/h5-12,36-39,47-65H,13-35,40-42H2,1-4H3. The molecule has 22 aliphatic rings. The lowest BCUT2D eigenvalue weighted by Crippen LogP contribution is -2.65. The Kier molecular flexibility index (Phi) is 10.5. The summed E-state index contributed by atoms with van der Waals surface area (Å²) in [5, 5.41) is 8.12. The number of benzene rings is 7. The molecular formula is C97H95B2N3O3. The Morgan fingerprint density at radius 3 is 1.30 bits per heavy atom. The van der Waals surface area contributed by atoms with Crippen LogP contribution < -0.4 is 38.5 Å². The molecule has 0 radical (unpaired) electrons. The van der Waals surface area contributed by atoms with Crippen molar-refractivity contribution >= 4 is 123 Å². The van der Waals surface area contributed by atoms with E-state index < -0.39 is 0 Å². The van der Waals surface area contributed by atoms with E-state index in [1.165, 1.54) is 266 Å². The molecule has 0 N–H and O–H groups in total. The van der Waals surface area contributed by atoms with Crippen molar-refractivity contribution in [3.63, 3.8) is 0 Å². The lowest BCUT2D eigenvalue weighted by atomic mass is 9.29. The molecule has 522 valence electrons. The fourth-order valence-corrected chi connectivity index (χ4v) is 33.8. The van der Waals surface area contributed by atoms with Crippen molar-refractivity contribution in [3.05, 3.63) is 156 Å². The normalized spacial score (nSPS) is 35.7. The SMILES string of the molecule is Cc1cccc(C)c1B1c2cc(C34CC5CC(CC(C5)C3)C4)cc3c2-n2c4c1c1c5c(c6c7cc8c(cc7oc6c1n4c(=O)n1c4c(c6c(c7oc9c%10c(ccc9c74)C4CC7CC(C4)CC%10C7)C4CC7CC(C4)CC6C7)c(c21)B3c1c(C)cccc1C)C1CC2CC(C1)CC8C2)C1CC2CC(CC5C2)C1. The largest absolute Gasteiger partial charge is 0.455 e. The molecule has 6 nitrogen and oxygen atoms in total. The maximum Gasteiger partial charge on any atom is 0.340 e. The monoisotopic (exact) mass is 1370 g/mol. The van der Waals surface area contributed by atoms with Crippen LogP contribution in [0.2, 0.25) is 0 Å². The summed E-state index contributed by atoms with van der Waals surface area (Å²) in [6.45, 7) is 9.60. The maximum absolute atomic E-state index is 19.1. The first-order chi connectivity index (χ1) is 51.4. The number of rotatable bonds is 3. The van der Waals surface area contributed by atoms with Crippen LogP contribution in [0.1, 0.15) is 287 Å². The highest BCUT2D eigenvalue weighted by Crippen LogP contribution is 2.67. The summed E-state index contributed by atoms with van der Waals surface area (Å²) < 4.78 is 24.4. The molecule has 20 aliphatic carbocycles. The zero-order chi connectivity index (χ0) is 67.8. The Morgan fingerprint density at radius 2 is 0.781 bits per heavy atom. The van der Waals surface area contributed by atoms with Gasteiger partial charge >= 0.3 is 5.69 Å². The van der Waals surface area contributed by atoms with Gasteiger partial charge < -0.3 is 8.83 Å². The van der Waals surface area contributed by atoms with Crippen LogP contribution in [0, 0.1) is 92.8 Å². The second-order valence-electron chi connectivity index (χ2n) is 41.3. The third-order valence-electron chi connectivity index (χ3n) is 35.9. The van der Waals surface area contributed by atoms with Gasteiger partial charge in [0.1, 0.15) is 33.6 Å². The average molecular weight is 1370 g/mol. The van der Waals surface area contributed by atoms with Gasteiger partial charge in [-0.25, -0.2) is 13.6 Å². The predicted octanol–water partition coefficient (Wildman–Crippen LogP) is 19.4. The lowest BCUT2D eigenvalue weighted by Gasteiger charge is -2.57. The minimum atomic E-state index is -0.120. The Labute approximate surface area is 615 Å². The Morgan fingerprint density at radius 1 is 0.362 bits per heavy atom. The predicted molar refractivity (Wildman–Crippen MR) is 427 cm³/mol. The molecule has 12 saturated carbocycles. The van der Waals surface area contributed by atoms with E-state index in [0.717, 1.165) is 80.5 Å². The van der Waals surface area contributed by atoms with Crippen LogP contribution in [0.25, 0.3) is 82.7 Å². The third-order valence-corrected chi connectivity index (χ3v) is 35.9. The highest BCUT2D eigenvalue weighted by molar-refractivity contribution is 7.03. The molecule has 8 unspecified atom stereocenters. The summed E-state index contributed by atoms with van der Waals surface area (Å²) in [6.07, 6.45) is 34.5. The molecule has 8 atom stereocenters. The minimum Gasteiger partial charge on any atom is -0.455 e. The minimum absolute atomic E-state index is 0.104. The van der Waals surface area contributed by atoms with Crippen molar-refractivity contribution in [2.75, 3.05) is 0 Å². The summed E-state index contributed by atoms with van der Waals surface area (Å²) in [7, 11) is 0. The van der Waals surface area contributed by atoms with Crippen LogP contribution in [0.5, 0.6) is 0 Å². The zero-order valence-electron chi connectivity index (χ0n) is 62.0. The number of furan rings is 2. The molecule has 5 aromatic heterocycles. The van der Waals surface area contributed by atoms with E-state index in [1.54, 1.807) is 50.1 Å². The van der Waals surface area contributed by atoms with Crippen LogP contribution in [-0.2, 0) is 5.41 Å². The molecule has 0 spiro atoms. The first kappa shape index (κ1) is 57.9. The summed E-state index contributed by atoms with van der Waals surface area (Å²) in [6, 6.07) is 31.0. The molecule has 20 bridgehead atoms. The quantitative estimate of drug-likeness (QED) is 0.166. The van der Waals surface area contributed by atoms with Gasteiger partial charge in [0.2, 0.25) is 13.4 Å². The zero-order valence-corrected chi connectivity index (χ0v) is 62.0. The molecule has 7 aromatic carbocycles. The van der Waals surface area contributed by atoms with E-state index in [9.17, 15) is 0 Å². The molecule has 7 heterocycles. The van der Waals surface area contributed by atoms with Crippen molar-refractivity contribution in [1.82, 2.24) is 13.4 Å². The number of hydrogen-bond donors (Lipinski definition) is 0. The van der Waals surface area contributed by atoms with Gasteiger partial charge in [0, 0.05) is 43.7 Å². The van der Waals surface area contributed by atoms with Crippen molar-refractivity contribution in [2.24, 2.45) is 65.1 Å². The van der Waals surface area contributed by atoms with Gasteiger partial charge in [-0.05, 0) is 385 Å². The second kappa shape index (κ2) is 19.1. The van der Waals surface area contributed by atoms with Gasteiger partial charge in [-0.15, -0.1) is 0 Å². The van der Waals surface area contributed by atoms with Gasteiger partial charge in [0.25, 0.3) is 0 Å². The molecule has 2 aliphatic heterocycles. The lowest BCUT2D eigenvalue weighted by molar-refractivity contribution is -0.00512. The third kappa shape index (κ3) is 6.91. The summed E-state index contributed by atoms with van der Waals surface area (Å²) in [4.78, 5) is 19.1. The van der Waals surface area contributed by atoms with Gasteiger partial charge in [-0.3, -0.25) is 4.57 Å². The topological polar surface area (TPSA) is 57.1 Å². The van der Waals surface area contributed by atoms with Crippen LogP contribution in [0.15, 0.2) is 86.4 Å². The van der Waals surface area contributed by atoms with Crippen molar-refractivity contribution in [2.45, 2.75) is 247 Å². The molecule has 12 fully saturated rings.